The number of hydrogen-bond acceptors (Lipinski definition) is 8. The van der Waals surface area contributed by atoms with E-state index in [4.69, 9.17) is 37.7 Å². The maximum absolute atomic E-state index is 13.7. The van der Waals surface area contributed by atoms with Crippen molar-refractivity contribution in [2.24, 2.45) is 7.05 Å². The summed E-state index contributed by atoms with van der Waals surface area (Å²) in [6.45, 7) is 4.81. The van der Waals surface area contributed by atoms with Gasteiger partial charge in [-0.05, 0) is 37.5 Å². The van der Waals surface area contributed by atoms with Gasteiger partial charge < -0.3 is 20.1 Å². The van der Waals surface area contributed by atoms with E-state index in [2.05, 4.69) is 50.0 Å². The number of rotatable bonds is 9. The van der Waals surface area contributed by atoms with Crippen molar-refractivity contribution in [2.75, 3.05) is 37.5 Å². The van der Waals surface area contributed by atoms with E-state index >= 15 is 0 Å². The number of fused-ring (bicyclic) bond motifs is 1. The quantitative estimate of drug-likeness (QED) is 0.204. The Labute approximate surface area is 270 Å². The second-order valence-electron chi connectivity index (χ2n) is 11.2. The molecule has 11 nitrogen and oxygen atoms in total. The molecule has 6 rings (SSSR count). The average Bonchev–Trinajstić information content (AvgIpc) is 3.40. The third kappa shape index (κ3) is 5.66. The van der Waals surface area contributed by atoms with Crippen LogP contribution in [0, 0.1) is 0 Å². The first kappa shape index (κ1) is 30.7. The number of nitrogens with zero attached hydrogens (tertiary/aromatic N) is 5. The SMILES string of the molecule is C=CC(=O)NC1CN(c2cccc[n+]2C2CCC2)CC1Nc1ncc2cc(-c3c(Cl)c(OC)cc(OC)c3Cl)c(=O)n(C)c2n1. The Balaban J connectivity index is 1.34. The number of pyridine rings is 2. The zero-order valence-corrected chi connectivity index (χ0v) is 26.7. The number of halogens is 2. The second-order valence-corrected chi connectivity index (χ2v) is 12.0. The van der Waals surface area contributed by atoms with Crippen molar-refractivity contribution in [1.82, 2.24) is 19.9 Å². The molecule has 2 unspecified atom stereocenters. The van der Waals surface area contributed by atoms with Crippen molar-refractivity contribution < 1.29 is 18.8 Å². The first-order chi connectivity index (χ1) is 21.7. The number of aromatic nitrogens is 4. The molecule has 1 aliphatic heterocycles. The van der Waals surface area contributed by atoms with Crippen LogP contribution in [0.3, 0.4) is 0 Å². The molecule has 45 heavy (non-hydrogen) atoms. The van der Waals surface area contributed by atoms with Gasteiger partial charge >= 0.3 is 0 Å². The van der Waals surface area contributed by atoms with Gasteiger partial charge in [-0.3, -0.25) is 19.1 Å². The number of benzene rings is 1. The predicted octanol–water partition coefficient (Wildman–Crippen LogP) is 4.30. The summed E-state index contributed by atoms with van der Waals surface area (Å²) >= 11 is 13.3. The molecule has 2 fully saturated rings. The molecule has 13 heteroatoms. The molecule has 1 aromatic carbocycles. The number of anilines is 2. The number of carbonyl (C=O) groups is 1. The van der Waals surface area contributed by atoms with E-state index in [0.717, 1.165) is 18.7 Å². The summed E-state index contributed by atoms with van der Waals surface area (Å²) in [5, 5.41) is 7.46. The van der Waals surface area contributed by atoms with Crippen molar-refractivity contribution in [3.8, 4) is 22.6 Å². The van der Waals surface area contributed by atoms with E-state index < -0.39 is 0 Å². The van der Waals surface area contributed by atoms with Gasteiger partial charge in [0, 0.05) is 36.3 Å². The maximum Gasteiger partial charge on any atom is 0.276 e. The van der Waals surface area contributed by atoms with Crippen LogP contribution in [0.1, 0.15) is 25.3 Å². The fourth-order valence-electron chi connectivity index (χ4n) is 6.00. The molecule has 4 heterocycles. The highest BCUT2D eigenvalue weighted by atomic mass is 35.5. The van der Waals surface area contributed by atoms with Gasteiger partial charge in [0.2, 0.25) is 11.9 Å². The number of hydrogen-bond donors (Lipinski definition) is 2. The van der Waals surface area contributed by atoms with E-state index in [1.165, 1.54) is 31.3 Å². The first-order valence-corrected chi connectivity index (χ1v) is 15.4. The van der Waals surface area contributed by atoms with Crippen molar-refractivity contribution >= 4 is 51.9 Å². The molecule has 0 radical (unpaired) electrons. The summed E-state index contributed by atoms with van der Waals surface area (Å²) in [4.78, 5) is 37.6. The molecule has 3 aromatic heterocycles. The summed E-state index contributed by atoms with van der Waals surface area (Å²) in [5.74, 6) is 1.82. The van der Waals surface area contributed by atoms with Crippen molar-refractivity contribution in [3.05, 3.63) is 75.8 Å². The Morgan fingerprint density at radius 2 is 1.82 bits per heavy atom. The lowest BCUT2D eigenvalue weighted by molar-refractivity contribution is -0.721. The largest absolute Gasteiger partial charge is 0.495 e. The van der Waals surface area contributed by atoms with Crippen LogP contribution in [0.15, 0.2) is 60.2 Å². The Kier molecular flexibility index (Phi) is 8.56. The molecule has 2 atom stereocenters. The number of nitrogens with one attached hydrogen (secondary N) is 2. The minimum absolute atomic E-state index is 0.189. The number of methoxy groups -OCH3 is 2. The van der Waals surface area contributed by atoms with Crippen LogP contribution in [0.2, 0.25) is 10.0 Å². The van der Waals surface area contributed by atoms with E-state index in [-0.39, 0.29) is 39.2 Å². The van der Waals surface area contributed by atoms with Crippen molar-refractivity contribution in [2.45, 2.75) is 37.4 Å². The van der Waals surface area contributed by atoms with Crippen LogP contribution in [-0.4, -0.2) is 59.8 Å². The summed E-state index contributed by atoms with van der Waals surface area (Å²) in [5.41, 5.74) is 0.601. The highest BCUT2D eigenvalue weighted by Gasteiger charge is 2.41. The molecule has 2 N–H and O–H groups in total. The number of ether oxygens (including phenoxy) is 2. The Morgan fingerprint density at radius 3 is 2.47 bits per heavy atom. The second kappa shape index (κ2) is 12.6. The zero-order valence-electron chi connectivity index (χ0n) is 25.2. The Morgan fingerprint density at radius 1 is 1.11 bits per heavy atom. The topological polar surface area (TPSA) is 114 Å². The van der Waals surface area contributed by atoms with E-state index in [9.17, 15) is 9.59 Å². The third-order valence-corrected chi connectivity index (χ3v) is 9.35. The van der Waals surface area contributed by atoms with Gasteiger partial charge in [0.05, 0.1) is 48.1 Å². The zero-order chi connectivity index (χ0) is 31.8. The van der Waals surface area contributed by atoms with Gasteiger partial charge in [-0.1, -0.05) is 35.8 Å². The maximum atomic E-state index is 13.7. The lowest BCUT2D eigenvalue weighted by Crippen LogP contribution is -2.48. The number of aryl methyl sites for hydroxylation is 1. The molecular weight excluding hydrogens is 617 g/mol. The van der Waals surface area contributed by atoms with Crippen molar-refractivity contribution in [1.29, 1.82) is 0 Å². The van der Waals surface area contributed by atoms with Gasteiger partial charge in [0.1, 0.15) is 36.3 Å². The van der Waals surface area contributed by atoms with Crippen LogP contribution in [0.4, 0.5) is 11.8 Å². The molecule has 0 spiro atoms. The smallest absolute Gasteiger partial charge is 0.276 e. The molecule has 1 aliphatic carbocycles. The summed E-state index contributed by atoms with van der Waals surface area (Å²) in [7, 11) is 4.58. The minimum atomic E-state index is -0.362. The molecule has 1 amide bonds. The van der Waals surface area contributed by atoms with E-state index in [0.29, 0.717) is 53.2 Å². The van der Waals surface area contributed by atoms with Crippen LogP contribution in [0.25, 0.3) is 22.2 Å². The van der Waals surface area contributed by atoms with Crippen LogP contribution >= 0.6 is 23.2 Å². The lowest BCUT2D eigenvalue weighted by atomic mass is 9.92. The van der Waals surface area contributed by atoms with E-state index in [1.54, 1.807) is 25.4 Å². The molecule has 2 aliphatic rings. The molecule has 1 saturated heterocycles. The standard InChI is InChI=1S/C32H33Cl2N7O4/c1-5-25(42)36-21-16-40(26-11-6-7-12-41(26)19-9-8-10-19)17-22(21)37-32-35-15-18-13-20(31(43)39(2)30(18)38-32)27-28(33)23(44-3)14-24(45-4)29(27)34/h5-7,11-15,19,21-22H,1,8-10,16-17H2,2-4H3,(H-,35,36,37,38,42,43)/p+1. The lowest BCUT2D eigenvalue weighted by Gasteiger charge is -2.27. The average molecular weight is 652 g/mol. The van der Waals surface area contributed by atoms with Crippen LogP contribution < -0.4 is 35.1 Å². The van der Waals surface area contributed by atoms with E-state index in [1.807, 2.05) is 6.07 Å². The molecule has 0 bridgehead atoms. The third-order valence-electron chi connectivity index (χ3n) is 8.60. The first-order valence-electron chi connectivity index (χ1n) is 14.7. The van der Waals surface area contributed by atoms with Crippen LogP contribution in [-0.2, 0) is 11.8 Å². The van der Waals surface area contributed by atoms with Crippen LogP contribution in [0.5, 0.6) is 11.5 Å². The molecular formula is C32H34Cl2N7O4+. The number of carbonyl (C=O) groups excluding carboxylic acids is 1. The Hall–Kier alpha value is -4.35. The van der Waals surface area contributed by atoms with Gasteiger partial charge in [-0.2, -0.15) is 4.98 Å². The summed E-state index contributed by atoms with van der Waals surface area (Å²) in [6.07, 6.45) is 8.57. The fraction of sp³-hybridized carbons (Fsp3) is 0.344. The van der Waals surface area contributed by atoms with Gasteiger partial charge in [-0.15, -0.1) is 0 Å². The highest BCUT2D eigenvalue weighted by Crippen LogP contribution is 2.45. The normalized spacial score (nSPS) is 18.0. The van der Waals surface area contributed by atoms with Crippen molar-refractivity contribution in [3.63, 3.8) is 0 Å². The van der Waals surface area contributed by atoms with Gasteiger partial charge in [0.25, 0.3) is 11.4 Å². The molecule has 234 valence electrons. The molecule has 1 saturated carbocycles. The summed E-state index contributed by atoms with van der Waals surface area (Å²) in [6, 6.07) is 9.44. The molecule has 4 aromatic rings. The minimum Gasteiger partial charge on any atom is -0.495 e. The predicted molar refractivity (Wildman–Crippen MR) is 175 cm³/mol. The monoisotopic (exact) mass is 650 g/mol. The highest BCUT2D eigenvalue weighted by molar-refractivity contribution is 6.41. The Bertz CT molecular complexity index is 1830. The number of amides is 1. The van der Waals surface area contributed by atoms with Gasteiger partial charge in [-0.25, -0.2) is 9.55 Å². The summed E-state index contributed by atoms with van der Waals surface area (Å²) < 4.78 is 14.5. The fourth-order valence-corrected chi connectivity index (χ4v) is 6.70. The van der Waals surface area contributed by atoms with Gasteiger partial charge in [0.15, 0.2) is 0 Å².